The lowest BCUT2D eigenvalue weighted by Gasteiger charge is -2.27. The normalized spacial score (nSPS) is 13.7. The van der Waals surface area contributed by atoms with E-state index in [2.05, 4.69) is 39.9 Å². The summed E-state index contributed by atoms with van der Waals surface area (Å²) in [4.78, 5) is 0. The zero-order chi connectivity index (χ0) is 15.9. The lowest BCUT2D eigenvalue weighted by atomic mass is 9.86. The highest BCUT2D eigenvalue weighted by molar-refractivity contribution is 5.17. The fourth-order valence-corrected chi connectivity index (χ4v) is 2.78. The van der Waals surface area contributed by atoms with E-state index in [-0.39, 0.29) is 11.4 Å². The number of halogens is 1. The molecular weight excluding hydrogens is 261 g/mol. The van der Waals surface area contributed by atoms with E-state index in [1.54, 1.807) is 6.07 Å². The van der Waals surface area contributed by atoms with Gasteiger partial charge in [0.1, 0.15) is 5.82 Å². The minimum absolute atomic E-state index is 0.127. The van der Waals surface area contributed by atoms with Gasteiger partial charge < -0.3 is 5.32 Å². The van der Waals surface area contributed by atoms with Gasteiger partial charge in [-0.1, -0.05) is 38.8 Å². The summed E-state index contributed by atoms with van der Waals surface area (Å²) < 4.78 is 13.4. The molecule has 21 heavy (non-hydrogen) atoms. The van der Waals surface area contributed by atoms with Crippen LogP contribution in [0, 0.1) is 17.7 Å². The van der Waals surface area contributed by atoms with E-state index in [9.17, 15) is 4.39 Å². The Labute approximate surface area is 130 Å². The van der Waals surface area contributed by atoms with Crippen molar-refractivity contribution in [3.63, 3.8) is 0 Å². The molecule has 1 nitrogen and oxygen atoms in total. The van der Waals surface area contributed by atoms with Gasteiger partial charge in [-0.3, -0.25) is 0 Å². The van der Waals surface area contributed by atoms with Crippen molar-refractivity contribution < 1.29 is 4.39 Å². The van der Waals surface area contributed by atoms with Gasteiger partial charge in [-0.15, -0.1) is 0 Å². The lowest BCUT2D eigenvalue weighted by Crippen LogP contribution is -2.40. The van der Waals surface area contributed by atoms with Crippen LogP contribution < -0.4 is 5.32 Å². The first-order valence-corrected chi connectivity index (χ1v) is 8.33. The first-order valence-electron chi connectivity index (χ1n) is 8.33. The highest BCUT2D eigenvalue weighted by Gasteiger charge is 2.18. The second kappa shape index (κ2) is 8.53. The van der Waals surface area contributed by atoms with Crippen LogP contribution in [-0.4, -0.2) is 12.1 Å². The maximum Gasteiger partial charge on any atom is 0.123 e. The van der Waals surface area contributed by atoms with Crippen molar-refractivity contribution in [1.82, 2.24) is 5.32 Å². The van der Waals surface area contributed by atoms with Crippen molar-refractivity contribution in [2.24, 2.45) is 11.8 Å². The predicted molar refractivity (Wildman–Crippen MR) is 90.0 cm³/mol. The van der Waals surface area contributed by atoms with Crippen LogP contribution in [0.5, 0.6) is 0 Å². The number of rotatable bonds is 8. The quantitative estimate of drug-likeness (QED) is 0.694. The topological polar surface area (TPSA) is 12.0 Å². The van der Waals surface area contributed by atoms with Gasteiger partial charge in [-0.2, -0.15) is 0 Å². The molecule has 2 heteroatoms. The van der Waals surface area contributed by atoms with Crippen LogP contribution in [0.2, 0.25) is 0 Å². The molecule has 1 N–H and O–H groups in total. The monoisotopic (exact) mass is 293 g/mol. The molecule has 0 aliphatic heterocycles. The van der Waals surface area contributed by atoms with Gasteiger partial charge in [0, 0.05) is 5.54 Å². The fraction of sp³-hybridized carbons (Fsp3) is 0.684. The zero-order valence-corrected chi connectivity index (χ0v) is 14.4. The van der Waals surface area contributed by atoms with Gasteiger partial charge >= 0.3 is 0 Å². The van der Waals surface area contributed by atoms with E-state index in [0.29, 0.717) is 5.92 Å². The molecule has 1 aromatic rings. The molecule has 1 unspecified atom stereocenters. The number of hydrogen-bond acceptors (Lipinski definition) is 1. The van der Waals surface area contributed by atoms with Crippen LogP contribution >= 0.6 is 0 Å². The molecule has 0 saturated heterocycles. The molecule has 0 radical (unpaired) electrons. The van der Waals surface area contributed by atoms with E-state index < -0.39 is 0 Å². The molecule has 1 rings (SSSR count). The molecule has 1 atom stereocenters. The summed E-state index contributed by atoms with van der Waals surface area (Å²) in [7, 11) is 0. The lowest BCUT2D eigenvalue weighted by molar-refractivity contribution is 0.306. The smallest absolute Gasteiger partial charge is 0.123 e. The summed E-state index contributed by atoms with van der Waals surface area (Å²) in [5.41, 5.74) is 1.25. The van der Waals surface area contributed by atoms with E-state index in [1.165, 1.54) is 25.3 Å². The van der Waals surface area contributed by atoms with Crippen molar-refractivity contribution in [3.05, 3.63) is 35.6 Å². The first-order chi connectivity index (χ1) is 9.84. The SMILES string of the molecule is CCC(CC)CC(CNC(C)(C)C)Cc1cccc(F)c1. The van der Waals surface area contributed by atoms with Gasteiger partial charge in [-0.05, 0) is 69.7 Å². The molecule has 0 aliphatic carbocycles. The second-order valence-electron chi connectivity index (χ2n) is 7.25. The minimum Gasteiger partial charge on any atom is -0.312 e. The third kappa shape index (κ3) is 7.61. The fourth-order valence-electron chi connectivity index (χ4n) is 2.78. The standard InChI is InChI=1S/C19H32FN/c1-6-15(7-2)11-17(14-21-19(3,4)5)12-16-9-8-10-18(20)13-16/h8-10,13,15,17,21H,6-7,11-12,14H2,1-5H3. The van der Waals surface area contributed by atoms with Gasteiger partial charge in [0.25, 0.3) is 0 Å². The maximum atomic E-state index is 13.4. The van der Waals surface area contributed by atoms with Gasteiger partial charge in [0.15, 0.2) is 0 Å². The maximum absolute atomic E-state index is 13.4. The van der Waals surface area contributed by atoms with E-state index in [1.807, 2.05) is 12.1 Å². The van der Waals surface area contributed by atoms with Crippen molar-refractivity contribution in [2.75, 3.05) is 6.54 Å². The Morgan fingerprint density at radius 3 is 2.29 bits per heavy atom. The van der Waals surface area contributed by atoms with E-state index in [4.69, 9.17) is 0 Å². The van der Waals surface area contributed by atoms with Crippen molar-refractivity contribution in [1.29, 1.82) is 0 Å². The number of hydrogen-bond donors (Lipinski definition) is 1. The first kappa shape index (κ1) is 18.2. The average molecular weight is 293 g/mol. The van der Waals surface area contributed by atoms with Gasteiger partial charge in [0.05, 0.1) is 0 Å². The van der Waals surface area contributed by atoms with Crippen LogP contribution in [0.15, 0.2) is 24.3 Å². The molecule has 0 bridgehead atoms. The van der Waals surface area contributed by atoms with Crippen LogP contribution in [-0.2, 0) is 6.42 Å². The molecular formula is C19H32FN. The Morgan fingerprint density at radius 1 is 1.10 bits per heavy atom. The van der Waals surface area contributed by atoms with Crippen LogP contribution in [0.25, 0.3) is 0 Å². The Morgan fingerprint density at radius 2 is 1.76 bits per heavy atom. The molecule has 0 fully saturated rings. The van der Waals surface area contributed by atoms with E-state index in [0.717, 1.165) is 24.4 Å². The summed E-state index contributed by atoms with van der Waals surface area (Å²) in [5, 5.41) is 3.62. The highest BCUT2D eigenvalue weighted by atomic mass is 19.1. The predicted octanol–water partition coefficient (Wildman–Crippen LogP) is 5.20. The van der Waals surface area contributed by atoms with Crippen molar-refractivity contribution >= 4 is 0 Å². The van der Waals surface area contributed by atoms with Crippen LogP contribution in [0.1, 0.15) is 59.4 Å². The Bertz CT molecular complexity index is 404. The molecule has 0 saturated carbocycles. The molecule has 0 amide bonds. The zero-order valence-electron chi connectivity index (χ0n) is 14.4. The van der Waals surface area contributed by atoms with Crippen molar-refractivity contribution in [3.8, 4) is 0 Å². The number of benzene rings is 1. The third-order valence-electron chi connectivity index (χ3n) is 4.16. The molecule has 0 aromatic heterocycles. The molecule has 1 aromatic carbocycles. The Hall–Kier alpha value is -0.890. The highest BCUT2D eigenvalue weighted by Crippen LogP contribution is 2.23. The van der Waals surface area contributed by atoms with Crippen LogP contribution in [0.3, 0.4) is 0 Å². The molecule has 0 heterocycles. The average Bonchev–Trinajstić information content (AvgIpc) is 2.41. The van der Waals surface area contributed by atoms with Crippen molar-refractivity contribution in [2.45, 2.75) is 65.8 Å². The van der Waals surface area contributed by atoms with Gasteiger partial charge in [-0.25, -0.2) is 4.39 Å². The number of nitrogens with one attached hydrogen (secondary N) is 1. The third-order valence-corrected chi connectivity index (χ3v) is 4.16. The summed E-state index contributed by atoms with van der Waals surface area (Å²) in [5.74, 6) is 1.21. The minimum atomic E-state index is -0.127. The summed E-state index contributed by atoms with van der Waals surface area (Å²) in [6.45, 7) is 12.1. The molecule has 0 spiro atoms. The summed E-state index contributed by atoms with van der Waals surface area (Å²) >= 11 is 0. The Kier molecular flexibility index (Phi) is 7.37. The van der Waals surface area contributed by atoms with Crippen LogP contribution in [0.4, 0.5) is 4.39 Å². The van der Waals surface area contributed by atoms with E-state index >= 15 is 0 Å². The molecule has 120 valence electrons. The summed E-state index contributed by atoms with van der Waals surface area (Å²) in [6, 6.07) is 7.06. The second-order valence-corrected chi connectivity index (χ2v) is 7.25. The largest absolute Gasteiger partial charge is 0.312 e. The van der Waals surface area contributed by atoms with Gasteiger partial charge in [0.2, 0.25) is 0 Å². The molecule has 0 aliphatic rings. The Balaban J connectivity index is 2.70. The summed E-state index contributed by atoms with van der Waals surface area (Å²) in [6.07, 6.45) is 4.63.